The molecule has 0 saturated heterocycles. The van der Waals surface area contributed by atoms with E-state index in [1.165, 1.54) is 11.5 Å². The molecule has 1 N–H and O–H groups in total. The molecule has 4 aromatic rings. The van der Waals surface area contributed by atoms with E-state index in [2.05, 4.69) is 80.4 Å². The number of fused-ring (bicyclic) bond motifs is 2. The second-order valence-corrected chi connectivity index (χ2v) is 12.6. The number of hydrogen-bond donors (Lipinski definition) is 1. The van der Waals surface area contributed by atoms with Gasteiger partial charge in [-0.2, -0.15) is 0 Å². The van der Waals surface area contributed by atoms with Gasteiger partial charge in [0.25, 0.3) is 5.91 Å². The van der Waals surface area contributed by atoms with Gasteiger partial charge in [-0.3, -0.25) is 4.79 Å². The molecule has 3 aromatic carbocycles. The number of hydrogen-bond acceptors (Lipinski definition) is 3. The highest BCUT2D eigenvalue weighted by atomic mass is 16.6. The number of aryl methyl sites for hydroxylation is 1. The van der Waals surface area contributed by atoms with Crippen LogP contribution in [0.1, 0.15) is 60.9 Å². The quantitative estimate of drug-likeness (QED) is 0.104. The van der Waals surface area contributed by atoms with Gasteiger partial charge in [0.1, 0.15) is 5.60 Å². The van der Waals surface area contributed by atoms with Gasteiger partial charge in [-0.05, 0) is 111 Å². The number of esters is 1. The van der Waals surface area contributed by atoms with E-state index in [4.69, 9.17) is 4.74 Å². The first kappa shape index (κ1) is 33.7. The van der Waals surface area contributed by atoms with E-state index in [-0.39, 0.29) is 11.9 Å². The molecule has 46 heavy (non-hydrogen) atoms. The number of carbonyl (C=O) groups excluding carboxylic acids is 2. The number of rotatable bonds is 11. The van der Waals surface area contributed by atoms with Crippen molar-refractivity contribution in [2.75, 3.05) is 0 Å². The first-order chi connectivity index (χ1) is 21.7. The molecule has 0 saturated carbocycles. The molecule has 236 valence electrons. The Morgan fingerprint density at radius 2 is 1.65 bits per heavy atom. The molecule has 5 heteroatoms. The minimum atomic E-state index is -0.639. The number of carbonyl (C=O) groups is 2. The third-order valence-electron chi connectivity index (χ3n) is 8.02. The van der Waals surface area contributed by atoms with Crippen LogP contribution in [0.2, 0.25) is 0 Å². The maximum Gasteiger partial charge on any atom is 0.339 e. The van der Waals surface area contributed by atoms with E-state index in [1.54, 1.807) is 12.2 Å². The maximum absolute atomic E-state index is 13.3. The van der Waals surface area contributed by atoms with Crippen molar-refractivity contribution in [3.8, 4) is 0 Å². The average Bonchev–Trinajstić information content (AvgIpc) is 3.24. The summed E-state index contributed by atoms with van der Waals surface area (Å²) >= 11 is 0. The predicted molar refractivity (Wildman–Crippen MR) is 192 cm³/mol. The second kappa shape index (κ2) is 13.9. The third kappa shape index (κ3) is 7.73. The van der Waals surface area contributed by atoms with Crippen molar-refractivity contribution in [2.24, 2.45) is 0 Å². The molecule has 1 amide bonds. The lowest BCUT2D eigenvalue weighted by molar-refractivity contribution is -0.149. The van der Waals surface area contributed by atoms with E-state index in [0.29, 0.717) is 28.8 Å². The summed E-state index contributed by atoms with van der Waals surface area (Å²) in [6, 6.07) is 20.2. The molecular weight excluding hydrogens is 568 g/mol. The minimum absolute atomic E-state index is 0.116. The van der Waals surface area contributed by atoms with Crippen molar-refractivity contribution in [2.45, 2.75) is 59.7 Å². The molecule has 0 fully saturated rings. The fourth-order valence-electron chi connectivity index (χ4n) is 5.33. The van der Waals surface area contributed by atoms with Gasteiger partial charge in [0.15, 0.2) is 0 Å². The zero-order valence-electron chi connectivity index (χ0n) is 27.9. The van der Waals surface area contributed by atoms with Crippen LogP contribution in [0.4, 0.5) is 0 Å². The summed E-state index contributed by atoms with van der Waals surface area (Å²) in [5.74, 6) is -0.596. The van der Waals surface area contributed by atoms with Crippen molar-refractivity contribution >= 4 is 33.6 Å². The summed E-state index contributed by atoms with van der Waals surface area (Å²) in [7, 11) is 0. The van der Waals surface area contributed by atoms with Gasteiger partial charge in [0, 0.05) is 28.7 Å². The zero-order valence-corrected chi connectivity index (χ0v) is 27.9. The molecule has 0 aliphatic carbocycles. The Balaban J connectivity index is 1.47. The van der Waals surface area contributed by atoms with Crippen molar-refractivity contribution < 1.29 is 14.3 Å². The summed E-state index contributed by atoms with van der Waals surface area (Å²) < 4.78 is 7.73. The normalized spacial score (nSPS) is 12.7. The van der Waals surface area contributed by atoms with Crippen LogP contribution in [0.25, 0.3) is 21.7 Å². The number of ether oxygens (including phenoxy) is 1. The Morgan fingerprint density at radius 3 is 2.33 bits per heavy atom. The summed E-state index contributed by atoms with van der Waals surface area (Å²) in [6.45, 7) is 28.3. The van der Waals surface area contributed by atoms with E-state index in [9.17, 15) is 9.59 Å². The lowest BCUT2D eigenvalue weighted by atomic mass is 9.99. The van der Waals surface area contributed by atoms with Gasteiger partial charge in [-0.15, -0.1) is 0 Å². The van der Waals surface area contributed by atoms with Gasteiger partial charge in [0.2, 0.25) is 0 Å². The Labute approximate surface area is 273 Å². The molecule has 5 nitrogen and oxygen atoms in total. The smallest absolute Gasteiger partial charge is 0.339 e. The zero-order chi connectivity index (χ0) is 33.8. The Hall–Kier alpha value is -5.16. The molecule has 0 unspecified atom stereocenters. The number of nitrogens with zero attached hydrogens (tertiary/aromatic N) is 1. The van der Waals surface area contributed by atoms with E-state index in [1.807, 2.05) is 64.1 Å². The van der Waals surface area contributed by atoms with Gasteiger partial charge in [0.05, 0.1) is 11.6 Å². The van der Waals surface area contributed by atoms with Crippen LogP contribution in [-0.2, 0) is 16.1 Å². The highest BCUT2D eigenvalue weighted by molar-refractivity contribution is 5.99. The van der Waals surface area contributed by atoms with Gasteiger partial charge in [-0.1, -0.05) is 80.9 Å². The van der Waals surface area contributed by atoms with Crippen molar-refractivity contribution in [1.29, 1.82) is 0 Å². The summed E-state index contributed by atoms with van der Waals surface area (Å²) in [5, 5.41) is 6.51. The molecule has 0 radical (unpaired) electrons. The Kier molecular flexibility index (Phi) is 10.2. The van der Waals surface area contributed by atoms with Crippen LogP contribution in [0.3, 0.4) is 0 Å². The monoisotopic (exact) mass is 612 g/mol. The van der Waals surface area contributed by atoms with E-state index in [0.717, 1.165) is 38.7 Å². The van der Waals surface area contributed by atoms with E-state index >= 15 is 0 Å². The summed E-state index contributed by atoms with van der Waals surface area (Å²) in [5.41, 5.74) is 6.42. The van der Waals surface area contributed by atoms with Crippen LogP contribution in [0.15, 0.2) is 134 Å². The number of allylic oxidation sites excluding steroid dienone is 6. The van der Waals surface area contributed by atoms with E-state index < -0.39 is 11.6 Å². The van der Waals surface area contributed by atoms with Crippen LogP contribution in [0.5, 0.6) is 0 Å². The fourth-order valence-corrected chi connectivity index (χ4v) is 5.33. The van der Waals surface area contributed by atoms with Crippen LogP contribution >= 0.6 is 0 Å². The molecule has 1 atom stereocenters. The van der Waals surface area contributed by atoms with Crippen LogP contribution in [0, 0.1) is 13.8 Å². The minimum Gasteiger partial charge on any atom is -0.456 e. The highest BCUT2D eigenvalue weighted by Crippen LogP contribution is 2.28. The molecule has 1 heterocycles. The number of nitrogens with one attached hydrogen (secondary N) is 1. The van der Waals surface area contributed by atoms with Gasteiger partial charge >= 0.3 is 5.97 Å². The predicted octanol–water partition coefficient (Wildman–Crippen LogP) is 9.58. The molecule has 0 aliphatic heterocycles. The Morgan fingerprint density at radius 1 is 0.957 bits per heavy atom. The van der Waals surface area contributed by atoms with Crippen molar-refractivity contribution in [3.63, 3.8) is 0 Å². The summed E-state index contributed by atoms with van der Waals surface area (Å²) in [6.07, 6.45) is 6.80. The summed E-state index contributed by atoms with van der Waals surface area (Å²) in [4.78, 5) is 26.1. The standard InChI is InChI=1S/C41H44N2O3/c1-11-14-36(40(45)46-41(8,9)10)28(4)27(3)18-17-26(2)25-43-31(7)29(5)37-24-35(21-22-38(37)43)39(44)42-30(6)33-20-19-32-15-12-13-16-34(32)23-33/h11-24,30H,1-4,25H2,5-10H3,(H,42,44)/b18-17-,36-14+/t30-/m0/s1. The third-order valence-corrected chi connectivity index (χ3v) is 8.02. The lowest BCUT2D eigenvalue weighted by Crippen LogP contribution is -2.26. The molecule has 4 rings (SSSR count). The fraction of sp³-hybridized carbons (Fsp3) is 0.220. The average molecular weight is 613 g/mol. The first-order valence-electron chi connectivity index (χ1n) is 15.4. The Bertz CT molecular complexity index is 1940. The first-order valence-corrected chi connectivity index (χ1v) is 15.4. The molecule has 0 bridgehead atoms. The van der Waals surface area contributed by atoms with Gasteiger partial charge in [-0.25, -0.2) is 4.79 Å². The SMILES string of the molecule is C=C/C=C(\C(=C)C(=C)/C=C\C(=C)Cn1c(C)c(C)c2cc(C(=O)N[C@@H](C)c3ccc4ccccc4c3)ccc21)C(=O)OC(C)(C)C. The number of amides is 1. The number of benzene rings is 3. The van der Waals surface area contributed by atoms with Crippen LogP contribution in [-0.4, -0.2) is 22.0 Å². The lowest BCUT2D eigenvalue weighted by Gasteiger charge is -2.21. The van der Waals surface area contributed by atoms with Crippen molar-refractivity contribution in [3.05, 3.63) is 156 Å². The second-order valence-electron chi connectivity index (χ2n) is 12.6. The molecule has 0 aliphatic rings. The molecule has 0 spiro atoms. The molecular formula is C41H44N2O3. The largest absolute Gasteiger partial charge is 0.456 e. The van der Waals surface area contributed by atoms with Gasteiger partial charge < -0.3 is 14.6 Å². The highest BCUT2D eigenvalue weighted by Gasteiger charge is 2.22. The number of aromatic nitrogens is 1. The maximum atomic E-state index is 13.3. The topological polar surface area (TPSA) is 60.3 Å². The molecule has 1 aromatic heterocycles. The van der Waals surface area contributed by atoms with Crippen molar-refractivity contribution in [1.82, 2.24) is 9.88 Å². The van der Waals surface area contributed by atoms with Crippen LogP contribution < -0.4 is 5.32 Å².